The maximum Gasteiger partial charge on any atom is 0.228 e. The van der Waals surface area contributed by atoms with Gasteiger partial charge in [0.1, 0.15) is 5.82 Å². The van der Waals surface area contributed by atoms with Gasteiger partial charge in [0.2, 0.25) is 11.8 Å². The molecule has 7 heteroatoms. The van der Waals surface area contributed by atoms with Crippen molar-refractivity contribution in [1.29, 1.82) is 0 Å². The van der Waals surface area contributed by atoms with Crippen LogP contribution >= 0.6 is 0 Å². The first-order chi connectivity index (χ1) is 16.5. The van der Waals surface area contributed by atoms with Crippen molar-refractivity contribution in [1.82, 2.24) is 15.2 Å². The van der Waals surface area contributed by atoms with E-state index in [1.54, 1.807) is 12.1 Å². The highest BCUT2D eigenvalue weighted by Gasteiger charge is 2.36. The van der Waals surface area contributed by atoms with Crippen molar-refractivity contribution in [3.05, 3.63) is 66.1 Å². The predicted molar refractivity (Wildman–Crippen MR) is 131 cm³/mol. The summed E-state index contributed by atoms with van der Waals surface area (Å²) in [5.41, 5.74) is 2.80. The van der Waals surface area contributed by atoms with Crippen LogP contribution in [0.15, 0.2) is 54.7 Å². The van der Waals surface area contributed by atoms with Gasteiger partial charge in [-0.3, -0.25) is 14.5 Å². The molecule has 0 bridgehead atoms. The minimum atomic E-state index is -0.343. The number of amides is 2. The van der Waals surface area contributed by atoms with Gasteiger partial charge in [-0.05, 0) is 55.2 Å². The third kappa shape index (κ3) is 5.14. The van der Waals surface area contributed by atoms with E-state index in [-0.39, 0.29) is 35.5 Å². The Hall–Kier alpha value is -3.19. The first-order valence-electron chi connectivity index (χ1n) is 12.2. The van der Waals surface area contributed by atoms with Crippen LogP contribution < -0.4 is 10.6 Å². The number of piperidine rings is 1. The topological polar surface area (TPSA) is 77.2 Å². The number of nitrogens with zero attached hydrogens (tertiary/aromatic N) is 1. The number of carbonyl (C=O) groups is 2. The van der Waals surface area contributed by atoms with E-state index >= 15 is 0 Å². The van der Waals surface area contributed by atoms with E-state index in [4.69, 9.17) is 0 Å². The molecule has 1 aliphatic carbocycles. The van der Waals surface area contributed by atoms with Gasteiger partial charge in [-0.25, -0.2) is 4.39 Å². The zero-order valence-corrected chi connectivity index (χ0v) is 19.2. The number of nitrogens with one attached hydrogen (secondary N) is 3. The average Bonchev–Trinajstić information content (AvgIpc) is 3.50. The molecule has 0 radical (unpaired) electrons. The Morgan fingerprint density at radius 2 is 1.68 bits per heavy atom. The normalized spacial score (nSPS) is 21.6. The summed E-state index contributed by atoms with van der Waals surface area (Å²) >= 11 is 0. The second-order valence-corrected chi connectivity index (χ2v) is 9.67. The van der Waals surface area contributed by atoms with E-state index in [2.05, 4.69) is 26.6 Å². The van der Waals surface area contributed by atoms with E-state index in [0.717, 1.165) is 42.1 Å². The van der Waals surface area contributed by atoms with Crippen molar-refractivity contribution < 1.29 is 14.0 Å². The van der Waals surface area contributed by atoms with Crippen LogP contribution in [0.3, 0.4) is 0 Å². The van der Waals surface area contributed by atoms with Gasteiger partial charge in [0.15, 0.2) is 0 Å². The molecule has 2 aromatic carbocycles. The average molecular weight is 463 g/mol. The number of benzene rings is 2. The maximum atomic E-state index is 13.3. The van der Waals surface area contributed by atoms with Crippen molar-refractivity contribution in [3.63, 3.8) is 0 Å². The molecule has 1 aromatic heterocycles. The van der Waals surface area contributed by atoms with Crippen LogP contribution in [0.4, 0.5) is 10.1 Å². The monoisotopic (exact) mass is 462 g/mol. The van der Waals surface area contributed by atoms with E-state index in [1.807, 2.05) is 24.4 Å². The lowest BCUT2D eigenvalue weighted by molar-refractivity contribution is -0.130. The molecule has 6 nitrogen and oxygen atoms in total. The van der Waals surface area contributed by atoms with Crippen LogP contribution in [0, 0.1) is 17.7 Å². The Labute approximate surface area is 198 Å². The first kappa shape index (κ1) is 22.6. The van der Waals surface area contributed by atoms with Gasteiger partial charge in [-0.2, -0.15) is 0 Å². The van der Waals surface area contributed by atoms with E-state index in [0.29, 0.717) is 31.7 Å². The van der Waals surface area contributed by atoms with Crippen LogP contribution in [-0.4, -0.2) is 40.8 Å². The molecule has 1 saturated carbocycles. The van der Waals surface area contributed by atoms with Gasteiger partial charge in [-0.1, -0.05) is 31.0 Å². The molecule has 2 atom stereocenters. The number of H-pyrrole nitrogens is 1. The van der Waals surface area contributed by atoms with Crippen LogP contribution in [0.1, 0.15) is 37.7 Å². The minimum Gasteiger partial charge on any atom is -0.361 e. The summed E-state index contributed by atoms with van der Waals surface area (Å²) in [5, 5.41) is 7.30. The van der Waals surface area contributed by atoms with Crippen molar-refractivity contribution in [2.75, 3.05) is 18.4 Å². The highest BCUT2D eigenvalue weighted by molar-refractivity contribution is 5.93. The number of rotatable bonds is 6. The van der Waals surface area contributed by atoms with Crippen LogP contribution in [-0.2, 0) is 16.1 Å². The fourth-order valence-electron chi connectivity index (χ4n) is 5.37. The maximum absolute atomic E-state index is 13.3. The molecule has 3 aromatic rings. The standard InChI is InChI=1S/C27H31FN4O2/c28-21-9-11-23(12-10-21)31-27(34)19-13-18(26(33)30-22-5-1-2-6-22)15-32(16-19)17-20-14-29-25-8-4-3-7-24(20)25/h3-4,7-12,14,18-19,22,29H,1-2,5-6,13,15-17H2,(H,30,33)(H,31,34)/t18-,19+/m0/s1. The number of anilines is 1. The predicted octanol–water partition coefficient (Wildman–Crippen LogP) is 4.44. The largest absolute Gasteiger partial charge is 0.361 e. The molecule has 3 N–H and O–H groups in total. The zero-order chi connectivity index (χ0) is 23.5. The third-order valence-electron chi connectivity index (χ3n) is 7.15. The number of para-hydroxylation sites is 1. The molecular formula is C27H31FN4O2. The summed E-state index contributed by atoms with van der Waals surface area (Å²) in [7, 11) is 0. The fraction of sp³-hybridized carbons (Fsp3) is 0.407. The van der Waals surface area contributed by atoms with Crippen LogP contribution in [0.2, 0.25) is 0 Å². The van der Waals surface area contributed by atoms with Gasteiger partial charge in [-0.15, -0.1) is 0 Å². The smallest absolute Gasteiger partial charge is 0.228 e. The number of hydrogen-bond acceptors (Lipinski definition) is 3. The molecule has 2 aliphatic rings. The molecule has 1 saturated heterocycles. The number of hydrogen-bond donors (Lipinski definition) is 3. The quantitative estimate of drug-likeness (QED) is 0.507. The molecule has 1 aliphatic heterocycles. The Morgan fingerprint density at radius 3 is 2.44 bits per heavy atom. The van der Waals surface area contributed by atoms with E-state index < -0.39 is 0 Å². The van der Waals surface area contributed by atoms with Gasteiger partial charge >= 0.3 is 0 Å². The zero-order valence-electron chi connectivity index (χ0n) is 19.2. The minimum absolute atomic E-state index is 0.0510. The SMILES string of the molecule is O=C(Nc1ccc(F)cc1)[C@@H]1C[C@H](C(=O)NC2CCCC2)CN(Cc2c[nH]c3ccccc23)C1. The lowest BCUT2D eigenvalue weighted by atomic mass is 9.87. The van der Waals surface area contributed by atoms with Gasteiger partial charge < -0.3 is 15.6 Å². The fourth-order valence-corrected chi connectivity index (χ4v) is 5.37. The van der Waals surface area contributed by atoms with Crippen molar-refractivity contribution in [2.45, 2.75) is 44.7 Å². The summed E-state index contributed by atoms with van der Waals surface area (Å²) in [5.74, 6) is -1.000. The summed E-state index contributed by atoms with van der Waals surface area (Å²) in [6.07, 6.45) is 6.91. The number of carbonyl (C=O) groups excluding carboxylic acids is 2. The Morgan fingerprint density at radius 1 is 0.971 bits per heavy atom. The highest BCUT2D eigenvalue weighted by Crippen LogP contribution is 2.28. The summed E-state index contributed by atoms with van der Waals surface area (Å²) in [6, 6.07) is 14.2. The van der Waals surface area contributed by atoms with Gasteiger partial charge in [0.25, 0.3) is 0 Å². The van der Waals surface area contributed by atoms with Crippen molar-refractivity contribution >= 4 is 28.4 Å². The number of aromatic amines is 1. The lowest BCUT2D eigenvalue weighted by Gasteiger charge is -2.37. The molecule has 5 rings (SSSR count). The molecule has 34 heavy (non-hydrogen) atoms. The second-order valence-electron chi connectivity index (χ2n) is 9.67. The van der Waals surface area contributed by atoms with E-state index in [9.17, 15) is 14.0 Å². The second kappa shape index (κ2) is 9.97. The lowest BCUT2D eigenvalue weighted by Crippen LogP contribution is -2.50. The van der Waals surface area contributed by atoms with Crippen LogP contribution in [0.5, 0.6) is 0 Å². The molecule has 0 unspecified atom stereocenters. The molecular weight excluding hydrogens is 431 g/mol. The third-order valence-corrected chi connectivity index (χ3v) is 7.15. The highest BCUT2D eigenvalue weighted by atomic mass is 19.1. The summed E-state index contributed by atoms with van der Waals surface area (Å²) in [4.78, 5) is 31.8. The Balaban J connectivity index is 1.32. The van der Waals surface area contributed by atoms with Crippen molar-refractivity contribution in [3.8, 4) is 0 Å². The van der Waals surface area contributed by atoms with Crippen molar-refractivity contribution in [2.24, 2.45) is 11.8 Å². The molecule has 2 fully saturated rings. The number of aromatic nitrogens is 1. The van der Waals surface area contributed by atoms with Gasteiger partial charge in [0.05, 0.1) is 11.8 Å². The van der Waals surface area contributed by atoms with E-state index in [1.165, 1.54) is 12.1 Å². The molecule has 2 heterocycles. The first-order valence-corrected chi connectivity index (χ1v) is 12.2. The summed E-state index contributed by atoms with van der Waals surface area (Å²) < 4.78 is 13.3. The number of halogens is 1. The molecule has 178 valence electrons. The number of likely N-dealkylation sites (tertiary alicyclic amines) is 1. The Kier molecular flexibility index (Phi) is 6.63. The Bertz CT molecular complexity index is 1150. The molecule has 2 amide bonds. The number of fused-ring (bicyclic) bond motifs is 1. The summed E-state index contributed by atoms with van der Waals surface area (Å²) in [6.45, 7) is 1.86. The van der Waals surface area contributed by atoms with Crippen LogP contribution in [0.25, 0.3) is 10.9 Å². The molecule has 0 spiro atoms. The van der Waals surface area contributed by atoms with Gasteiger partial charge in [0, 0.05) is 48.5 Å².